The van der Waals surface area contributed by atoms with Crippen molar-refractivity contribution in [2.45, 2.75) is 25.6 Å². The molecule has 2 amide bonds. The van der Waals surface area contributed by atoms with Gasteiger partial charge in [-0.3, -0.25) is 0 Å². The number of aryl methyl sites for hydroxylation is 1. The third kappa shape index (κ3) is 4.14. The summed E-state index contributed by atoms with van der Waals surface area (Å²) < 4.78 is 38.6. The number of amides is 2. The van der Waals surface area contributed by atoms with Crippen LogP contribution in [0.4, 0.5) is 23.7 Å². The summed E-state index contributed by atoms with van der Waals surface area (Å²) in [6.07, 6.45) is -4.89. The third-order valence-electron chi connectivity index (χ3n) is 4.04. The molecular formula is C15H19F3N2O3. The summed E-state index contributed by atoms with van der Waals surface area (Å²) in [5.41, 5.74) is -0.671. The molecule has 8 heteroatoms. The van der Waals surface area contributed by atoms with Crippen molar-refractivity contribution in [1.29, 1.82) is 0 Å². The maximum Gasteiger partial charge on any atom is 0.416 e. The molecule has 0 spiro atoms. The zero-order chi connectivity index (χ0) is 17.2. The van der Waals surface area contributed by atoms with Crippen LogP contribution in [0.3, 0.4) is 0 Å². The van der Waals surface area contributed by atoms with E-state index in [0.717, 1.165) is 6.07 Å². The summed E-state index contributed by atoms with van der Waals surface area (Å²) in [6.45, 7) is 1.55. The lowest BCUT2D eigenvalue weighted by atomic mass is 9.95. The number of β-amino-alcohol motifs (C(OH)–C–C–N with tert-alkyl or cyclic N) is 1. The van der Waals surface area contributed by atoms with Crippen LogP contribution in [0.2, 0.25) is 0 Å². The molecule has 0 bridgehead atoms. The van der Waals surface area contributed by atoms with Crippen LogP contribution in [0.1, 0.15) is 17.5 Å². The summed E-state index contributed by atoms with van der Waals surface area (Å²) in [5.74, 6) is -0.282. The van der Waals surface area contributed by atoms with Gasteiger partial charge in [-0.05, 0) is 31.0 Å². The molecule has 5 nitrogen and oxygen atoms in total. The van der Waals surface area contributed by atoms with Gasteiger partial charge < -0.3 is 20.4 Å². The van der Waals surface area contributed by atoms with E-state index < -0.39 is 23.9 Å². The fraction of sp³-hybridized carbons (Fsp3) is 0.533. The number of anilines is 1. The summed E-state index contributed by atoms with van der Waals surface area (Å²) in [5, 5.41) is 21.3. The number of urea groups is 1. The number of nitrogens with one attached hydrogen (secondary N) is 1. The minimum Gasteiger partial charge on any atom is -0.396 e. The van der Waals surface area contributed by atoms with Crippen LogP contribution < -0.4 is 5.32 Å². The lowest BCUT2D eigenvalue weighted by Gasteiger charge is -2.35. The smallest absolute Gasteiger partial charge is 0.396 e. The average molecular weight is 332 g/mol. The molecule has 0 aliphatic carbocycles. The normalized spacial score (nSPS) is 22.1. The first-order valence-electron chi connectivity index (χ1n) is 7.25. The van der Waals surface area contributed by atoms with Gasteiger partial charge in [-0.1, -0.05) is 6.07 Å². The van der Waals surface area contributed by atoms with Gasteiger partial charge in [0.2, 0.25) is 0 Å². The number of halogens is 3. The first-order valence-corrected chi connectivity index (χ1v) is 7.25. The Bertz CT molecular complexity index is 578. The van der Waals surface area contributed by atoms with E-state index in [9.17, 15) is 23.1 Å². The second kappa shape index (κ2) is 6.76. The van der Waals surface area contributed by atoms with Crippen LogP contribution in [0.15, 0.2) is 18.2 Å². The van der Waals surface area contributed by atoms with Gasteiger partial charge in [-0.25, -0.2) is 4.79 Å². The van der Waals surface area contributed by atoms with Crippen molar-refractivity contribution >= 4 is 11.7 Å². The van der Waals surface area contributed by atoms with Crippen molar-refractivity contribution in [3.05, 3.63) is 29.3 Å². The molecule has 1 aliphatic heterocycles. The third-order valence-corrected chi connectivity index (χ3v) is 4.04. The van der Waals surface area contributed by atoms with E-state index in [-0.39, 0.29) is 30.3 Å². The van der Waals surface area contributed by atoms with Gasteiger partial charge in [-0.15, -0.1) is 0 Å². The molecule has 2 rings (SSSR count). The molecule has 0 unspecified atom stereocenters. The van der Waals surface area contributed by atoms with Crippen molar-refractivity contribution in [2.75, 3.05) is 25.0 Å². The number of hydrogen-bond acceptors (Lipinski definition) is 3. The van der Waals surface area contributed by atoms with Crippen molar-refractivity contribution in [2.24, 2.45) is 5.92 Å². The Kier molecular flexibility index (Phi) is 5.16. The highest BCUT2D eigenvalue weighted by molar-refractivity contribution is 5.89. The lowest BCUT2D eigenvalue weighted by Crippen LogP contribution is -2.49. The van der Waals surface area contributed by atoms with Gasteiger partial charge in [0.15, 0.2) is 0 Å². The van der Waals surface area contributed by atoms with Gasteiger partial charge >= 0.3 is 12.2 Å². The highest BCUT2D eigenvalue weighted by Gasteiger charge is 2.33. The lowest BCUT2D eigenvalue weighted by molar-refractivity contribution is -0.138. The maximum absolute atomic E-state index is 12.9. The number of benzene rings is 1. The zero-order valence-electron chi connectivity index (χ0n) is 12.6. The first-order chi connectivity index (χ1) is 10.7. The predicted octanol–water partition coefficient (Wildman–Crippen LogP) is 2.22. The number of likely N-dealkylation sites (tertiary alicyclic amines) is 1. The number of nitrogens with zero attached hydrogens (tertiary/aromatic N) is 1. The molecule has 128 valence electrons. The number of carbonyl (C=O) groups excluding carboxylic acids is 1. The Morgan fingerprint density at radius 3 is 2.70 bits per heavy atom. The van der Waals surface area contributed by atoms with Gasteiger partial charge in [0.05, 0.1) is 11.7 Å². The van der Waals surface area contributed by atoms with Gasteiger partial charge in [-0.2, -0.15) is 13.2 Å². The molecular weight excluding hydrogens is 313 g/mol. The Labute approximate surface area is 131 Å². The minimum absolute atomic E-state index is 0.0368. The van der Waals surface area contributed by atoms with Crippen LogP contribution in [-0.2, 0) is 6.18 Å². The van der Waals surface area contributed by atoms with E-state index in [2.05, 4.69) is 5.32 Å². The number of rotatable bonds is 2. The molecule has 1 fully saturated rings. The number of hydrogen-bond donors (Lipinski definition) is 3. The molecule has 0 saturated carbocycles. The van der Waals surface area contributed by atoms with E-state index in [0.29, 0.717) is 13.0 Å². The SMILES string of the molecule is Cc1ccc(NC(=O)N2CC[C@@H](CO)[C@@H](O)C2)cc1C(F)(F)F. The minimum atomic E-state index is -4.49. The molecule has 0 aromatic heterocycles. The van der Waals surface area contributed by atoms with Gasteiger partial charge in [0, 0.05) is 31.3 Å². The predicted molar refractivity (Wildman–Crippen MR) is 78.0 cm³/mol. The van der Waals surface area contributed by atoms with E-state index in [1.807, 2.05) is 0 Å². The average Bonchev–Trinajstić information content (AvgIpc) is 2.48. The number of aliphatic hydroxyl groups excluding tert-OH is 2. The molecule has 1 saturated heterocycles. The van der Waals surface area contributed by atoms with Gasteiger partial charge in [0.25, 0.3) is 0 Å². The highest BCUT2D eigenvalue weighted by Crippen LogP contribution is 2.33. The summed E-state index contributed by atoms with van der Waals surface area (Å²) >= 11 is 0. The fourth-order valence-electron chi connectivity index (χ4n) is 2.59. The Balaban J connectivity index is 2.06. The van der Waals surface area contributed by atoms with E-state index in [1.54, 1.807) is 0 Å². The van der Waals surface area contributed by atoms with Crippen LogP contribution in [0, 0.1) is 12.8 Å². The molecule has 1 heterocycles. The fourth-order valence-corrected chi connectivity index (χ4v) is 2.59. The van der Waals surface area contributed by atoms with E-state index in [4.69, 9.17) is 5.11 Å². The molecule has 1 aromatic carbocycles. The summed E-state index contributed by atoms with van der Waals surface area (Å²) in [7, 11) is 0. The molecule has 23 heavy (non-hydrogen) atoms. The number of piperidine rings is 1. The molecule has 0 radical (unpaired) electrons. The second-order valence-electron chi connectivity index (χ2n) is 5.70. The summed E-state index contributed by atoms with van der Waals surface area (Å²) in [4.78, 5) is 13.4. The Morgan fingerprint density at radius 1 is 1.43 bits per heavy atom. The van der Waals surface area contributed by atoms with Crippen LogP contribution >= 0.6 is 0 Å². The van der Waals surface area contributed by atoms with Crippen molar-refractivity contribution < 1.29 is 28.2 Å². The number of carbonyl (C=O) groups is 1. The molecule has 2 atom stereocenters. The number of alkyl halides is 3. The van der Waals surface area contributed by atoms with Crippen molar-refractivity contribution in [1.82, 2.24) is 4.90 Å². The topological polar surface area (TPSA) is 72.8 Å². The second-order valence-corrected chi connectivity index (χ2v) is 5.70. The molecule has 1 aromatic rings. The monoisotopic (exact) mass is 332 g/mol. The van der Waals surface area contributed by atoms with E-state index in [1.165, 1.54) is 24.0 Å². The Hall–Kier alpha value is -1.80. The molecule has 3 N–H and O–H groups in total. The largest absolute Gasteiger partial charge is 0.416 e. The molecule has 1 aliphatic rings. The van der Waals surface area contributed by atoms with Crippen LogP contribution in [0.5, 0.6) is 0 Å². The van der Waals surface area contributed by atoms with Crippen molar-refractivity contribution in [3.8, 4) is 0 Å². The standard InChI is InChI=1S/C15H19F3N2O3/c1-9-2-3-11(6-12(9)15(16,17)18)19-14(23)20-5-4-10(8-21)13(22)7-20/h2-3,6,10,13,21-22H,4-5,7-8H2,1H3,(H,19,23)/t10-,13-/m0/s1. The van der Waals surface area contributed by atoms with E-state index >= 15 is 0 Å². The first kappa shape index (κ1) is 17.6. The Morgan fingerprint density at radius 2 is 2.13 bits per heavy atom. The quantitative estimate of drug-likeness (QED) is 0.777. The van der Waals surface area contributed by atoms with Crippen molar-refractivity contribution in [3.63, 3.8) is 0 Å². The van der Waals surface area contributed by atoms with Gasteiger partial charge in [0.1, 0.15) is 0 Å². The van der Waals surface area contributed by atoms with Crippen LogP contribution in [-0.4, -0.2) is 46.9 Å². The van der Waals surface area contributed by atoms with Crippen LogP contribution in [0.25, 0.3) is 0 Å². The highest BCUT2D eigenvalue weighted by atomic mass is 19.4. The maximum atomic E-state index is 12.9. The zero-order valence-corrected chi connectivity index (χ0v) is 12.6. The number of aliphatic hydroxyl groups is 2. The summed E-state index contributed by atoms with van der Waals surface area (Å²) in [6, 6.07) is 3.02.